The zero-order valence-electron chi connectivity index (χ0n) is 17.3. The Morgan fingerprint density at radius 1 is 0.966 bits per heavy atom. The molecule has 0 amide bonds. The molecular formula is C22H30FN5O. The minimum Gasteiger partial charge on any atom is -0.372 e. The number of nitrogens with zero attached hydrogens (tertiary/aromatic N) is 5. The fourth-order valence-corrected chi connectivity index (χ4v) is 4.17. The number of piperazine rings is 1. The fourth-order valence-electron chi connectivity index (χ4n) is 4.17. The van der Waals surface area contributed by atoms with E-state index in [9.17, 15) is 4.39 Å². The molecule has 0 bridgehead atoms. The summed E-state index contributed by atoms with van der Waals surface area (Å²) in [6.45, 7) is 11.1. The summed E-state index contributed by atoms with van der Waals surface area (Å²) in [7, 11) is 0. The van der Waals surface area contributed by atoms with Crippen LogP contribution < -0.4 is 4.90 Å². The van der Waals surface area contributed by atoms with Gasteiger partial charge in [0.15, 0.2) is 0 Å². The maximum Gasteiger partial charge on any atom is 0.225 e. The molecule has 6 nitrogen and oxygen atoms in total. The standard InChI is InChI=1S/C22H30FN5O/c1-17-13-28(14-18(2)29-17)22-24-8-7-20(25-22)16-27-11-9-26(10-12-27)15-19-5-3-4-6-21(19)23/h3-8,17-18H,9-16H2,1-2H3. The van der Waals surface area contributed by atoms with E-state index in [-0.39, 0.29) is 18.0 Å². The van der Waals surface area contributed by atoms with Gasteiger partial charge in [0.05, 0.1) is 17.9 Å². The molecule has 0 aliphatic carbocycles. The van der Waals surface area contributed by atoms with Gasteiger partial charge in [-0.1, -0.05) is 18.2 Å². The van der Waals surface area contributed by atoms with Crippen LogP contribution in [0.15, 0.2) is 36.5 Å². The highest BCUT2D eigenvalue weighted by atomic mass is 19.1. The van der Waals surface area contributed by atoms with Crippen molar-refractivity contribution in [3.05, 3.63) is 53.6 Å². The number of benzene rings is 1. The monoisotopic (exact) mass is 399 g/mol. The lowest BCUT2D eigenvalue weighted by Gasteiger charge is -2.36. The molecule has 2 saturated heterocycles. The Kier molecular flexibility index (Phi) is 6.37. The minimum atomic E-state index is -0.116. The summed E-state index contributed by atoms with van der Waals surface area (Å²) in [5.41, 5.74) is 1.82. The number of anilines is 1. The number of ether oxygens (including phenoxy) is 1. The molecule has 7 heteroatoms. The molecule has 4 rings (SSSR count). The van der Waals surface area contributed by atoms with Crippen LogP contribution in [0, 0.1) is 5.82 Å². The summed E-state index contributed by atoms with van der Waals surface area (Å²) < 4.78 is 19.7. The van der Waals surface area contributed by atoms with Crippen molar-refractivity contribution in [2.24, 2.45) is 0 Å². The van der Waals surface area contributed by atoms with Gasteiger partial charge in [-0.15, -0.1) is 0 Å². The summed E-state index contributed by atoms with van der Waals surface area (Å²) in [6, 6.07) is 9.05. The van der Waals surface area contributed by atoms with Crippen molar-refractivity contribution in [2.75, 3.05) is 44.2 Å². The first-order chi connectivity index (χ1) is 14.1. The van der Waals surface area contributed by atoms with Crippen molar-refractivity contribution >= 4 is 5.95 Å². The van der Waals surface area contributed by atoms with Crippen LogP contribution in [0.5, 0.6) is 0 Å². The molecular weight excluding hydrogens is 369 g/mol. The summed E-state index contributed by atoms with van der Waals surface area (Å²) in [4.78, 5) is 16.2. The van der Waals surface area contributed by atoms with Gasteiger partial charge >= 0.3 is 0 Å². The lowest BCUT2D eigenvalue weighted by Crippen LogP contribution is -2.46. The first kappa shape index (κ1) is 20.2. The van der Waals surface area contributed by atoms with Crippen molar-refractivity contribution in [1.82, 2.24) is 19.8 Å². The average molecular weight is 400 g/mol. The molecule has 2 aliphatic heterocycles. The highest BCUT2D eigenvalue weighted by Gasteiger charge is 2.24. The van der Waals surface area contributed by atoms with Crippen LogP contribution in [0.25, 0.3) is 0 Å². The van der Waals surface area contributed by atoms with E-state index in [1.54, 1.807) is 6.07 Å². The quantitative estimate of drug-likeness (QED) is 0.770. The van der Waals surface area contributed by atoms with Gasteiger partial charge in [-0.3, -0.25) is 9.80 Å². The van der Waals surface area contributed by atoms with Crippen molar-refractivity contribution in [2.45, 2.75) is 39.1 Å². The van der Waals surface area contributed by atoms with E-state index in [1.165, 1.54) is 6.07 Å². The van der Waals surface area contributed by atoms with Gasteiger partial charge in [0.1, 0.15) is 5.82 Å². The van der Waals surface area contributed by atoms with Crippen LogP contribution in [0.3, 0.4) is 0 Å². The third kappa shape index (κ3) is 5.29. The van der Waals surface area contributed by atoms with Gasteiger partial charge in [0, 0.05) is 64.1 Å². The van der Waals surface area contributed by atoms with Gasteiger partial charge in [-0.25, -0.2) is 14.4 Å². The Hall–Kier alpha value is -2.09. The van der Waals surface area contributed by atoms with E-state index in [0.717, 1.165) is 63.0 Å². The van der Waals surface area contributed by atoms with Gasteiger partial charge < -0.3 is 9.64 Å². The number of aromatic nitrogens is 2. The van der Waals surface area contributed by atoms with E-state index in [2.05, 4.69) is 33.5 Å². The highest BCUT2D eigenvalue weighted by Crippen LogP contribution is 2.18. The molecule has 2 fully saturated rings. The summed E-state index contributed by atoms with van der Waals surface area (Å²) in [5, 5.41) is 0. The Labute approximate surface area is 172 Å². The second-order valence-corrected chi connectivity index (χ2v) is 8.15. The largest absolute Gasteiger partial charge is 0.372 e. The maximum atomic E-state index is 13.9. The van der Waals surface area contributed by atoms with Gasteiger partial charge in [0.2, 0.25) is 5.95 Å². The predicted octanol–water partition coefficient (Wildman–Crippen LogP) is 2.55. The number of halogens is 1. The Bertz CT molecular complexity index is 801. The second-order valence-electron chi connectivity index (χ2n) is 8.15. The fraction of sp³-hybridized carbons (Fsp3) is 0.545. The lowest BCUT2D eigenvalue weighted by atomic mass is 10.2. The van der Waals surface area contributed by atoms with E-state index in [1.807, 2.05) is 24.4 Å². The normalized spacial score (nSPS) is 24.0. The molecule has 1 aromatic carbocycles. The smallest absolute Gasteiger partial charge is 0.225 e. The van der Waals surface area contributed by atoms with Crippen molar-refractivity contribution in [3.63, 3.8) is 0 Å². The SMILES string of the molecule is CC1CN(c2nccc(CN3CCN(Cc4ccccc4F)CC3)n2)CC(C)O1. The third-order valence-corrected chi connectivity index (χ3v) is 5.61. The van der Waals surface area contributed by atoms with Crippen LogP contribution >= 0.6 is 0 Å². The third-order valence-electron chi connectivity index (χ3n) is 5.61. The minimum absolute atomic E-state index is 0.116. The zero-order chi connectivity index (χ0) is 20.2. The highest BCUT2D eigenvalue weighted by molar-refractivity contribution is 5.31. The van der Waals surface area contributed by atoms with Crippen LogP contribution in [-0.2, 0) is 17.8 Å². The van der Waals surface area contributed by atoms with Crippen LogP contribution in [0.2, 0.25) is 0 Å². The maximum absolute atomic E-state index is 13.9. The summed E-state index contributed by atoms with van der Waals surface area (Å²) in [6.07, 6.45) is 2.23. The van der Waals surface area contributed by atoms with E-state index < -0.39 is 0 Å². The van der Waals surface area contributed by atoms with E-state index in [4.69, 9.17) is 9.72 Å². The van der Waals surface area contributed by atoms with Crippen LogP contribution in [0.1, 0.15) is 25.1 Å². The Morgan fingerprint density at radius 3 is 2.31 bits per heavy atom. The molecule has 1 aromatic heterocycles. The van der Waals surface area contributed by atoms with E-state index >= 15 is 0 Å². The molecule has 156 valence electrons. The molecule has 0 radical (unpaired) electrons. The molecule has 3 heterocycles. The topological polar surface area (TPSA) is 44.7 Å². The average Bonchev–Trinajstić information content (AvgIpc) is 2.71. The van der Waals surface area contributed by atoms with Crippen LogP contribution in [-0.4, -0.2) is 71.2 Å². The molecule has 0 saturated carbocycles. The van der Waals surface area contributed by atoms with Gasteiger partial charge in [0.25, 0.3) is 0 Å². The van der Waals surface area contributed by atoms with Crippen molar-refractivity contribution < 1.29 is 9.13 Å². The molecule has 2 aliphatic rings. The first-order valence-corrected chi connectivity index (χ1v) is 10.5. The molecule has 0 spiro atoms. The molecule has 29 heavy (non-hydrogen) atoms. The molecule has 2 aromatic rings. The number of hydrogen-bond acceptors (Lipinski definition) is 6. The Morgan fingerprint density at radius 2 is 1.62 bits per heavy atom. The predicted molar refractivity (Wildman–Crippen MR) is 111 cm³/mol. The lowest BCUT2D eigenvalue weighted by molar-refractivity contribution is -0.00574. The van der Waals surface area contributed by atoms with Gasteiger partial charge in [-0.05, 0) is 26.0 Å². The molecule has 2 atom stereocenters. The van der Waals surface area contributed by atoms with Crippen LogP contribution in [0.4, 0.5) is 10.3 Å². The first-order valence-electron chi connectivity index (χ1n) is 10.5. The summed E-state index contributed by atoms with van der Waals surface area (Å²) in [5.74, 6) is 0.679. The van der Waals surface area contributed by atoms with Crippen molar-refractivity contribution in [1.29, 1.82) is 0 Å². The number of morpholine rings is 1. The Balaban J connectivity index is 1.31. The van der Waals surface area contributed by atoms with E-state index in [0.29, 0.717) is 6.54 Å². The van der Waals surface area contributed by atoms with Gasteiger partial charge in [-0.2, -0.15) is 0 Å². The number of rotatable bonds is 5. The second kappa shape index (κ2) is 9.15. The number of hydrogen-bond donors (Lipinski definition) is 0. The molecule has 0 N–H and O–H groups in total. The zero-order valence-corrected chi connectivity index (χ0v) is 17.3. The molecule has 2 unspecified atom stereocenters. The summed E-state index contributed by atoms with van der Waals surface area (Å²) >= 11 is 0. The van der Waals surface area contributed by atoms with Crippen molar-refractivity contribution in [3.8, 4) is 0 Å².